The van der Waals surface area contributed by atoms with E-state index in [9.17, 15) is 45.6 Å². The number of imide groups is 1. The maximum Gasteiger partial charge on any atom is 0.459 e. The van der Waals surface area contributed by atoms with Crippen molar-refractivity contribution in [2.75, 3.05) is 0 Å². The van der Waals surface area contributed by atoms with Crippen LogP contribution in [0.5, 0.6) is 5.75 Å². The zero-order valence-corrected chi connectivity index (χ0v) is 23.1. The molecule has 4 rings (SSSR count). The molecule has 1 aliphatic carbocycles. The van der Waals surface area contributed by atoms with Crippen molar-refractivity contribution in [1.82, 2.24) is 24.5 Å². The second-order valence-corrected chi connectivity index (χ2v) is 10.1. The van der Waals surface area contributed by atoms with E-state index in [1.807, 2.05) is 6.07 Å². The van der Waals surface area contributed by atoms with Crippen molar-refractivity contribution < 1.29 is 49.8 Å². The third-order valence-corrected chi connectivity index (χ3v) is 6.58. The minimum absolute atomic E-state index is 0.108. The molecule has 1 fully saturated rings. The van der Waals surface area contributed by atoms with Crippen molar-refractivity contribution in [1.29, 1.82) is 5.26 Å². The fourth-order valence-corrected chi connectivity index (χ4v) is 4.27. The van der Waals surface area contributed by atoms with Gasteiger partial charge in [-0.15, -0.1) is 0 Å². The van der Waals surface area contributed by atoms with Gasteiger partial charge in [0.2, 0.25) is 0 Å². The maximum absolute atomic E-state index is 14.2. The Hall–Kier alpha value is -4.33. The largest absolute Gasteiger partial charge is 0.459 e. The molecule has 230 valence electrons. The molecule has 0 spiro atoms. The van der Waals surface area contributed by atoms with Crippen molar-refractivity contribution in [3.05, 3.63) is 46.9 Å². The van der Waals surface area contributed by atoms with Gasteiger partial charge >= 0.3 is 24.8 Å². The van der Waals surface area contributed by atoms with Crippen LogP contribution in [0.25, 0.3) is 16.9 Å². The lowest BCUT2D eigenvalue weighted by atomic mass is 10.0. The number of nitrogens with zero attached hydrogens (tertiary/aromatic N) is 6. The summed E-state index contributed by atoms with van der Waals surface area (Å²) >= 11 is 6.25. The van der Waals surface area contributed by atoms with Gasteiger partial charge in [0, 0.05) is 18.8 Å². The zero-order valence-electron chi connectivity index (χ0n) is 22.3. The van der Waals surface area contributed by atoms with Gasteiger partial charge in [-0.2, -0.15) is 46.2 Å². The van der Waals surface area contributed by atoms with Crippen LogP contribution in [-0.4, -0.2) is 60.9 Å². The fourth-order valence-electron chi connectivity index (χ4n) is 4.07. The van der Waals surface area contributed by atoms with E-state index < -0.39 is 59.6 Å². The average Bonchev–Trinajstić information content (AvgIpc) is 3.39. The highest BCUT2D eigenvalue weighted by Gasteiger charge is 2.63. The Kier molecular flexibility index (Phi) is 8.13. The SMILES string of the molecule is CC(C)OC(=O)N(C(=O)c1cc(-c2cnn(-c3c(OC(F)F)c(C(F)(F)C(F)(F)F)nn3C)c2)ccc1Cl)C1(C#N)CC1. The molecule has 0 N–H and O–H groups in total. The van der Waals surface area contributed by atoms with E-state index >= 15 is 0 Å². The number of hydrogen-bond acceptors (Lipinski definition) is 7. The molecule has 1 aliphatic rings. The molecule has 2 heterocycles. The molecule has 0 radical (unpaired) electrons. The van der Waals surface area contributed by atoms with Crippen LogP contribution < -0.4 is 4.74 Å². The Balaban J connectivity index is 1.77. The normalized spacial score (nSPS) is 14.5. The molecule has 2 aromatic heterocycles. The van der Waals surface area contributed by atoms with Crippen LogP contribution in [0.3, 0.4) is 0 Å². The zero-order chi connectivity index (χ0) is 32.1. The highest BCUT2D eigenvalue weighted by molar-refractivity contribution is 6.34. The number of rotatable bonds is 8. The van der Waals surface area contributed by atoms with Gasteiger partial charge in [0.15, 0.2) is 17.3 Å². The Morgan fingerprint density at radius 3 is 2.35 bits per heavy atom. The Bertz CT molecular complexity index is 1610. The second-order valence-electron chi connectivity index (χ2n) is 9.66. The molecule has 18 heteroatoms. The smallest absolute Gasteiger partial charge is 0.446 e. The first-order valence-corrected chi connectivity index (χ1v) is 12.6. The molecule has 0 atom stereocenters. The Labute approximate surface area is 243 Å². The fraction of sp³-hybridized carbons (Fsp3) is 0.400. The number of alkyl halides is 7. The van der Waals surface area contributed by atoms with Gasteiger partial charge in [0.25, 0.3) is 5.91 Å². The summed E-state index contributed by atoms with van der Waals surface area (Å²) in [6, 6.07) is 5.82. The lowest BCUT2D eigenvalue weighted by Crippen LogP contribution is -2.46. The number of ether oxygens (including phenoxy) is 2. The molecule has 0 unspecified atom stereocenters. The number of aromatic nitrogens is 4. The number of benzene rings is 1. The lowest BCUT2D eigenvalue weighted by molar-refractivity contribution is -0.291. The first-order chi connectivity index (χ1) is 19.9. The summed E-state index contributed by atoms with van der Waals surface area (Å²) in [5.74, 6) is -8.96. The van der Waals surface area contributed by atoms with Gasteiger partial charge in [-0.3, -0.25) is 4.79 Å². The number of carbonyl (C=O) groups excluding carboxylic acids is 2. The number of nitriles is 1. The Morgan fingerprint density at radius 1 is 1.16 bits per heavy atom. The van der Waals surface area contributed by atoms with Crippen LogP contribution in [0.1, 0.15) is 42.7 Å². The molecule has 3 aromatic rings. The molecule has 43 heavy (non-hydrogen) atoms. The lowest BCUT2D eigenvalue weighted by Gasteiger charge is -2.26. The predicted octanol–water partition coefficient (Wildman–Crippen LogP) is 6.23. The minimum atomic E-state index is -6.18. The first-order valence-electron chi connectivity index (χ1n) is 12.2. The van der Waals surface area contributed by atoms with E-state index in [2.05, 4.69) is 14.9 Å². The molecular formula is C25H20ClF7N6O4. The summed E-state index contributed by atoms with van der Waals surface area (Å²) in [4.78, 5) is 27.0. The molecular weight excluding hydrogens is 617 g/mol. The molecule has 1 aromatic carbocycles. The number of carbonyl (C=O) groups is 2. The minimum Gasteiger partial charge on any atom is -0.446 e. The van der Waals surface area contributed by atoms with Crippen LogP contribution in [-0.2, 0) is 17.7 Å². The van der Waals surface area contributed by atoms with Crippen molar-refractivity contribution in [3.8, 4) is 28.8 Å². The summed E-state index contributed by atoms with van der Waals surface area (Å²) in [5.41, 5.74) is -3.49. The van der Waals surface area contributed by atoms with E-state index in [1.54, 1.807) is 13.8 Å². The van der Waals surface area contributed by atoms with Gasteiger partial charge in [0.05, 0.1) is 29.0 Å². The summed E-state index contributed by atoms with van der Waals surface area (Å²) < 4.78 is 104. The van der Waals surface area contributed by atoms with Crippen molar-refractivity contribution in [2.24, 2.45) is 7.05 Å². The van der Waals surface area contributed by atoms with Crippen molar-refractivity contribution in [2.45, 2.75) is 57.0 Å². The molecule has 10 nitrogen and oxygen atoms in total. The van der Waals surface area contributed by atoms with Gasteiger partial charge in [-0.25, -0.2) is 19.1 Å². The molecule has 0 bridgehead atoms. The van der Waals surface area contributed by atoms with Crippen LogP contribution in [0.15, 0.2) is 30.6 Å². The summed E-state index contributed by atoms with van der Waals surface area (Å²) in [7, 11) is 0.914. The standard InChI is InChI=1S/C25H20ClF7N6O4/c1-12(2)42-22(41)39(23(11-34)6-7-23)20(40)15-8-13(4-5-16(15)26)14-9-35-38(10-14)19-17(43-21(27)28)18(36-37(19)3)24(29,30)25(31,32)33/h4-5,8-10,12,21H,6-7H2,1-3H3. The van der Waals surface area contributed by atoms with Crippen molar-refractivity contribution in [3.63, 3.8) is 0 Å². The van der Waals surface area contributed by atoms with Gasteiger partial charge in [-0.05, 0) is 44.4 Å². The first kappa shape index (κ1) is 31.6. The van der Waals surface area contributed by atoms with Crippen LogP contribution in [0.4, 0.5) is 35.5 Å². The topological polar surface area (TPSA) is 115 Å². The molecule has 0 saturated heterocycles. The van der Waals surface area contributed by atoms with Gasteiger partial charge < -0.3 is 9.47 Å². The second kappa shape index (κ2) is 11.1. The molecule has 0 aliphatic heterocycles. The third kappa shape index (κ3) is 5.83. The number of aryl methyl sites for hydroxylation is 1. The van der Waals surface area contributed by atoms with Crippen LogP contribution >= 0.6 is 11.6 Å². The summed E-state index contributed by atoms with van der Waals surface area (Å²) in [6.45, 7) is -0.699. The van der Waals surface area contributed by atoms with Crippen molar-refractivity contribution >= 4 is 23.6 Å². The van der Waals surface area contributed by atoms with Crippen LogP contribution in [0, 0.1) is 11.3 Å². The third-order valence-electron chi connectivity index (χ3n) is 6.25. The predicted molar refractivity (Wildman–Crippen MR) is 133 cm³/mol. The quantitative estimate of drug-likeness (QED) is 0.270. The molecule has 1 saturated carbocycles. The number of hydrogen-bond donors (Lipinski definition) is 0. The van der Waals surface area contributed by atoms with Gasteiger partial charge in [0.1, 0.15) is 5.54 Å². The summed E-state index contributed by atoms with van der Waals surface area (Å²) in [6.07, 6.45) is -5.31. The highest BCUT2D eigenvalue weighted by atomic mass is 35.5. The monoisotopic (exact) mass is 636 g/mol. The Morgan fingerprint density at radius 2 is 1.81 bits per heavy atom. The van der Waals surface area contributed by atoms with E-state index in [4.69, 9.17) is 16.3 Å². The van der Waals surface area contributed by atoms with E-state index in [0.29, 0.717) is 14.3 Å². The van der Waals surface area contributed by atoms with Crippen LogP contribution in [0.2, 0.25) is 5.02 Å². The molecule has 2 amide bonds. The average molecular weight is 637 g/mol. The number of halogens is 8. The van der Waals surface area contributed by atoms with E-state index in [1.165, 1.54) is 18.2 Å². The highest BCUT2D eigenvalue weighted by Crippen LogP contribution is 2.48. The maximum atomic E-state index is 14.2. The number of amides is 2. The van der Waals surface area contributed by atoms with E-state index in [-0.39, 0.29) is 34.6 Å². The van der Waals surface area contributed by atoms with Gasteiger partial charge in [-0.1, -0.05) is 17.7 Å². The summed E-state index contributed by atoms with van der Waals surface area (Å²) in [5, 5.41) is 16.5. The van der Waals surface area contributed by atoms with E-state index in [0.717, 1.165) is 19.4 Å².